The summed E-state index contributed by atoms with van der Waals surface area (Å²) in [4.78, 5) is 33.9. The Hall–Kier alpha value is -3.61. The number of ether oxygens (including phenoxy) is 1. The molecule has 508 valence electrons. The van der Waals surface area contributed by atoms with Crippen molar-refractivity contribution in [3.8, 4) is 39.0 Å². The van der Waals surface area contributed by atoms with E-state index in [4.69, 9.17) is 4.74 Å². The van der Waals surface area contributed by atoms with Crippen LogP contribution in [0.25, 0.3) is 50.2 Å². The fraction of sp³-hybridized carbons (Fsp3) is 0.602. The molecule has 1 aromatic carbocycles. The fourth-order valence-electron chi connectivity index (χ4n) is 14.5. The van der Waals surface area contributed by atoms with Gasteiger partial charge in [0.25, 0.3) is 5.91 Å². The summed E-state index contributed by atoms with van der Waals surface area (Å²) in [5, 5.41) is 6.74. The van der Waals surface area contributed by atoms with Gasteiger partial charge < -0.3 is 14.5 Å². The van der Waals surface area contributed by atoms with Gasteiger partial charge in [-0.3, -0.25) is 4.79 Å². The lowest BCUT2D eigenvalue weighted by atomic mass is 9.93. The molecule has 0 bridgehead atoms. The SMILES string of the molecule is CCCCCCCCCCCCC(CCCCCCCCCC)CN1COCC(c2ccc(-c3ccc(-c4cccs4)s3)s2)=c2cc3c(cc21)=C(c1ccc(-c2ccc(-c4cccs4)s2)s1)C(=O)N3CC(CCCCCCCCCC)CCCCCCCCCCCC. The van der Waals surface area contributed by atoms with Crippen LogP contribution in [0.3, 0.4) is 0 Å². The van der Waals surface area contributed by atoms with Gasteiger partial charge in [0.15, 0.2) is 0 Å². The quantitative estimate of drug-likeness (QED) is 0.0356. The number of hydrogen-bond donors (Lipinski definition) is 0. The summed E-state index contributed by atoms with van der Waals surface area (Å²) in [6.07, 6.45) is 53.4. The maximum Gasteiger partial charge on any atom is 0.260 e. The van der Waals surface area contributed by atoms with Crippen LogP contribution in [-0.2, 0) is 9.53 Å². The lowest BCUT2D eigenvalue weighted by Crippen LogP contribution is -2.36. The Morgan fingerprint density at radius 2 is 0.699 bits per heavy atom. The highest BCUT2D eigenvalue weighted by Crippen LogP contribution is 2.44. The fourth-order valence-corrected chi connectivity index (χ4v) is 20.5. The first kappa shape index (κ1) is 73.6. The molecule has 9 rings (SSSR count). The van der Waals surface area contributed by atoms with Crippen molar-refractivity contribution in [2.75, 3.05) is 36.2 Å². The molecule has 2 aliphatic rings. The molecule has 2 unspecified atom stereocenters. The van der Waals surface area contributed by atoms with Gasteiger partial charge in [-0.1, -0.05) is 271 Å². The van der Waals surface area contributed by atoms with Gasteiger partial charge in [-0.15, -0.1) is 68.0 Å². The van der Waals surface area contributed by atoms with Gasteiger partial charge in [0.2, 0.25) is 0 Å². The number of carbonyl (C=O) groups excluding carboxylic acids is 1. The molecule has 0 spiro atoms. The zero-order chi connectivity index (χ0) is 64.5. The van der Waals surface area contributed by atoms with Crippen molar-refractivity contribution in [2.24, 2.45) is 11.8 Å². The first-order valence-electron chi connectivity index (χ1n) is 38.0. The highest BCUT2D eigenvalue weighted by molar-refractivity contribution is 7.27. The molecule has 1 amide bonds. The number of anilines is 2. The van der Waals surface area contributed by atoms with Crippen molar-refractivity contribution in [1.82, 2.24) is 0 Å². The minimum atomic E-state index is 0.198. The van der Waals surface area contributed by atoms with Gasteiger partial charge in [-0.2, -0.15) is 0 Å². The van der Waals surface area contributed by atoms with E-state index in [9.17, 15) is 0 Å². The second-order valence-electron chi connectivity index (χ2n) is 27.7. The van der Waals surface area contributed by atoms with Crippen LogP contribution >= 0.6 is 68.0 Å². The Morgan fingerprint density at radius 1 is 0.366 bits per heavy atom. The Balaban J connectivity index is 1.08. The van der Waals surface area contributed by atoms with E-state index in [1.807, 2.05) is 68.0 Å². The van der Waals surface area contributed by atoms with Gasteiger partial charge >= 0.3 is 0 Å². The maximum atomic E-state index is 16.2. The van der Waals surface area contributed by atoms with Gasteiger partial charge in [0, 0.05) is 83.6 Å². The third kappa shape index (κ3) is 23.3. The van der Waals surface area contributed by atoms with Crippen LogP contribution in [0.15, 0.2) is 95.7 Å². The molecule has 0 N–H and O–H groups in total. The Kier molecular flexibility index (Phi) is 33.5. The van der Waals surface area contributed by atoms with E-state index in [2.05, 4.69) is 133 Å². The molecular formula is C83H118N2O2S6. The van der Waals surface area contributed by atoms with Crippen LogP contribution in [0.4, 0.5) is 11.4 Å². The Labute approximate surface area is 588 Å². The zero-order valence-electron chi connectivity index (χ0n) is 58.2. The molecular weight excluding hydrogens is 1250 g/mol. The van der Waals surface area contributed by atoms with Gasteiger partial charge in [0.05, 0.1) is 17.9 Å². The van der Waals surface area contributed by atoms with Crippen LogP contribution in [0, 0.1) is 11.8 Å². The number of nitrogens with zero attached hydrogens (tertiary/aromatic N) is 2. The zero-order valence-corrected chi connectivity index (χ0v) is 63.1. The van der Waals surface area contributed by atoms with E-state index in [1.54, 1.807) is 0 Å². The number of benzene rings is 1. The molecule has 2 atom stereocenters. The Morgan fingerprint density at radius 3 is 1.10 bits per heavy atom. The molecule has 0 aliphatic carbocycles. The standard InChI is InChI=1S/C83H118N2O2S6/c1-5-9-13-17-21-25-27-31-34-38-44-65(43-37-33-29-23-19-15-11-7-3)61-84-64-87-63-69(72-49-50-77(90-72)78-53-51-75(91-78)73-47-41-57-88-73)67-59-71-68(60-70(67)84)82(81-56-55-80(93-81)79-54-52-76(92-79)74-48-42-58-89-74)83(86)85(71)62-66(45-39-35-30-24-20-16-12-8-4)46-40-36-32-28-26-22-18-14-10-6-2/h41-42,47-60,65-66H,5-40,43-46,61-64H2,1-4H3. The van der Waals surface area contributed by atoms with E-state index in [0.29, 0.717) is 25.2 Å². The average molecular weight is 1370 g/mol. The van der Waals surface area contributed by atoms with Gasteiger partial charge in [0.1, 0.15) is 6.73 Å². The van der Waals surface area contributed by atoms with Crippen molar-refractivity contribution >= 4 is 96.4 Å². The minimum Gasteiger partial charge on any atom is -0.356 e. The summed E-state index contributed by atoms with van der Waals surface area (Å²) in [6.45, 7) is 12.1. The predicted octanol–water partition coefficient (Wildman–Crippen LogP) is 27.2. The predicted molar refractivity (Wildman–Crippen MR) is 417 cm³/mol. The van der Waals surface area contributed by atoms with E-state index in [-0.39, 0.29) is 5.91 Å². The summed E-state index contributed by atoms with van der Waals surface area (Å²) in [6, 6.07) is 32.3. The molecule has 0 saturated heterocycles. The van der Waals surface area contributed by atoms with Gasteiger partial charge in [-0.25, -0.2) is 0 Å². The number of unbranched alkanes of at least 4 members (excludes halogenated alkanes) is 32. The third-order valence-electron chi connectivity index (χ3n) is 20.1. The summed E-state index contributed by atoms with van der Waals surface area (Å²) in [5.74, 6) is 1.22. The van der Waals surface area contributed by atoms with Crippen LogP contribution in [-0.4, -0.2) is 32.3 Å². The lowest BCUT2D eigenvalue weighted by Gasteiger charge is -2.30. The second-order valence-corrected chi connectivity index (χ2v) is 33.9. The normalized spacial score (nSPS) is 14.0. The highest BCUT2D eigenvalue weighted by atomic mass is 32.1. The molecule has 0 radical (unpaired) electrons. The molecule has 6 aromatic heterocycles. The summed E-state index contributed by atoms with van der Waals surface area (Å²) in [5.41, 5.74) is 4.52. The average Bonchev–Trinajstić information content (AvgIpc) is 1.60. The summed E-state index contributed by atoms with van der Waals surface area (Å²) < 4.78 is 7.07. The van der Waals surface area contributed by atoms with Crippen molar-refractivity contribution in [2.45, 2.75) is 285 Å². The summed E-state index contributed by atoms with van der Waals surface area (Å²) in [7, 11) is 0. The number of carbonyl (C=O) groups is 1. The molecule has 4 nitrogen and oxygen atoms in total. The number of fused-ring (bicyclic) bond motifs is 2. The largest absolute Gasteiger partial charge is 0.356 e. The first-order valence-corrected chi connectivity index (χ1v) is 43.0. The topological polar surface area (TPSA) is 32.8 Å². The van der Waals surface area contributed by atoms with Crippen LogP contribution in [0.2, 0.25) is 0 Å². The van der Waals surface area contributed by atoms with Crippen molar-refractivity contribution in [3.05, 3.63) is 116 Å². The second kappa shape index (κ2) is 42.3. The van der Waals surface area contributed by atoms with E-state index in [1.165, 1.54) is 317 Å². The van der Waals surface area contributed by atoms with E-state index in [0.717, 1.165) is 34.4 Å². The van der Waals surface area contributed by atoms with Gasteiger partial charge in [-0.05, 0) is 121 Å². The smallest absolute Gasteiger partial charge is 0.260 e. The molecule has 7 aromatic rings. The molecule has 8 heterocycles. The Bertz CT molecular complexity index is 3280. The highest BCUT2D eigenvalue weighted by Gasteiger charge is 2.35. The first-order chi connectivity index (χ1) is 46.0. The lowest BCUT2D eigenvalue weighted by molar-refractivity contribution is -0.113. The van der Waals surface area contributed by atoms with Crippen molar-refractivity contribution in [1.29, 1.82) is 0 Å². The molecule has 93 heavy (non-hydrogen) atoms. The molecule has 0 fully saturated rings. The van der Waals surface area contributed by atoms with Crippen molar-refractivity contribution in [3.63, 3.8) is 0 Å². The monoisotopic (exact) mass is 1370 g/mol. The molecule has 10 heteroatoms. The summed E-state index contributed by atoms with van der Waals surface area (Å²) >= 11 is 11.1. The number of rotatable bonds is 50. The van der Waals surface area contributed by atoms with E-state index < -0.39 is 0 Å². The molecule has 2 aliphatic heterocycles. The maximum absolute atomic E-state index is 16.2. The number of thiophene rings is 6. The molecule has 0 saturated carbocycles. The number of amides is 1. The van der Waals surface area contributed by atoms with E-state index >= 15 is 4.79 Å². The van der Waals surface area contributed by atoms with Crippen molar-refractivity contribution < 1.29 is 9.53 Å². The minimum absolute atomic E-state index is 0.198. The number of hydrogen-bond acceptors (Lipinski definition) is 9. The van der Waals surface area contributed by atoms with Crippen LogP contribution < -0.4 is 20.2 Å². The van der Waals surface area contributed by atoms with Crippen LogP contribution in [0.5, 0.6) is 0 Å². The third-order valence-corrected chi connectivity index (χ3v) is 27.0. The van der Waals surface area contributed by atoms with Crippen LogP contribution in [0.1, 0.15) is 294 Å².